The highest BCUT2D eigenvalue weighted by Gasteiger charge is 2.49. The van der Waals surface area contributed by atoms with E-state index >= 15 is 0 Å². The Bertz CT molecular complexity index is 6140. The van der Waals surface area contributed by atoms with Gasteiger partial charge in [-0.2, -0.15) is 21.6 Å². The zero-order chi connectivity index (χ0) is 78.0. The maximum absolute atomic E-state index is 13.7. The minimum atomic E-state index is -6.01. The second kappa shape index (κ2) is 33.0. The highest BCUT2D eigenvalue weighted by Crippen LogP contribution is 2.53. The van der Waals surface area contributed by atoms with Crippen molar-refractivity contribution < 1.29 is 34.6 Å². The van der Waals surface area contributed by atoms with Crippen molar-refractivity contribution in [2.45, 2.75) is 19.4 Å². The van der Waals surface area contributed by atoms with E-state index in [9.17, 15) is 21.6 Å². The summed E-state index contributed by atoms with van der Waals surface area (Å²) in [4.78, 5) is 10.8. The van der Waals surface area contributed by atoms with Crippen molar-refractivity contribution in [1.29, 1.82) is 0 Å². The number of fused-ring (bicyclic) bond motifs is 6. The predicted octanol–water partition coefficient (Wildman–Crippen LogP) is 28.8. The summed E-state index contributed by atoms with van der Waals surface area (Å²) < 4.78 is 84.3. The molecule has 18 rings (SSSR count). The summed E-state index contributed by atoms with van der Waals surface area (Å²) in [6, 6.07) is 137. The summed E-state index contributed by atoms with van der Waals surface area (Å²) in [6.45, 7) is 4.07. The van der Waals surface area contributed by atoms with E-state index < -0.39 is 21.4 Å². The van der Waals surface area contributed by atoms with Crippen molar-refractivity contribution >= 4 is 151 Å². The Morgan fingerprint density at radius 3 is 0.807 bits per heavy atom. The first-order valence-corrected chi connectivity index (χ1v) is 38.6. The van der Waals surface area contributed by atoms with Gasteiger partial charge in [0.1, 0.15) is 16.9 Å². The standard InChI is InChI=1S/C49H37N3O.C38H27F3N2O4S.C12H11N/c1-36-32-45(51(39-24-12-4-13-25-39)40-26-14-5-15-27-40)48-44-34-43(50(37-20-8-2-9-21-37)38-22-10-3-11-23-38)35-46(49(44)53-47(48)33-36)52(41-28-16-6-17-29-41)42-30-18-7-19-31-42;1-26-22-33(42(27-14-6-2-7-15-27)28-16-8-3-9-17-28)36-32-24-31(47-48(44,45)38(39,40)41)25-34(37(32)46-35(36)23-26)43(29-18-10-4-11-19-29)30-20-12-5-13-21-30;1-3-7-11(8-4-1)13-12-9-5-2-6-10-12/h2-35H,1H3;2-25H,1H3;1-10,13H. The van der Waals surface area contributed by atoms with E-state index in [1.807, 2.05) is 206 Å². The molecule has 0 aliphatic carbocycles. The largest absolute Gasteiger partial charge is 0.534 e. The van der Waals surface area contributed by atoms with Crippen LogP contribution in [0.3, 0.4) is 0 Å². The topological polar surface area (TPSA) is 97.9 Å². The summed E-state index contributed by atoms with van der Waals surface area (Å²) in [6.07, 6.45) is 0. The number of benzene rings is 16. The van der Waals surface area contributed by atoms with Gasteiger partial charge in [0.05, 0.1) is 33.5 Å². The molecule has 114 heavy (non-hydrogen) atoms. The fraction of sp³-hybridized carbons (Fsp3) is 0.0303. The van der Waals surface area contributed by atoms with Crippen molar-refractivity contribution in [3.05, 3.63) is 424 Å². The van der Waals surface area contributed by atoms with Crippen molar-refractivity contribution in [1.82, 2.24) is 0 Å². The van der Waals surface area contributed by atoms with Gasteiger partial charge in [0.2, 0.25) is 0 Å². The van der Waals surface area contributed by atoms with Crippen LogP contribution in [0.4, 0.5) is 110 Å². The maximum atomic E-state index is 13.7. The van der Waals surface area contributed by atoms with Gasteiger partial charge in [0.25, 0.3) is 0 Å². The van der Waals surface area contributed by atoms with Crippen LogP contribution in [0, 0.1) is 13.8 Å². The van der Waals surface area contributed by atoms with Crippen LogP contribution in [-0.2, 0) is 10.1 Å². The Hall–Kier alpha value is -14.5. The lowest BCUT2D eigenvalue weighted by atomic mass is 10.0. The van der Waals surface area contributed by atoms with E-state index in [1.54, 1.807) is 4.90 Å². The van der Waals surface area contributed by atoms with Gasteiger partial charge in [0, 0.05) is 90.8 Å². The number of anilines is 17. The fourth-order valence-electron chi connectivity index (χ4n) is 14.3. The highest BCUT2D eigenvalue weighted by molar-refractivity contribution is 7.88. The summed E-state index contributed by atoms with van der Waals surface area (Å²) >= 11 is 0. The number of nitrogens with zero attached hydrogens (tertiary/aromatic N) is 5. The Morgan fingerprint density at radius 2 is 0.526 bits per heavy atom. The van der Waals surface area contributed by atoms with E-state index in [4.69, 9.17) is 13.0 Å². The molecule has 18 aromatic rings. The minimum absolute atomic E-state index is 0.281. The number of furan rings is 2. The van der Waals surface area contributed by atoms with Crippen LogP contribution in [0.1, 0.15) is 11.1 Å². The highest BCUT2D eigenvalue weighted by atomic mass is 32.2. The van der Waals surface area contributed by atoms with E-state index in [0.717, 1.165) is 107 Å². The Kier molecular flexibility index (Phi) is 21.3. The number of aryl methyl sites for hydroxylation is 2. The first-order valence-electron chi connectivity index (χ1n) is 37.2. The Balaban J connectivity index is 0.000000148. The molecule has 0 spiro atoms. The normalized spacial score (nSPS) is 11.3. The summed E-state index contributed by atoms with van der Waals surface area (Å²) in [7, 11) is -6.01. The van der Waals surface area contributed by atoms with Gasteiger partial charge in [-0.1, -0.05) is 218 Å². The molecule has 0 amide bonds. The van der Waals surface area contributed by atoms with Crippen LogP contribution in [-0.4, -0.2) is 13.9 Å². The third-order valence-electron chi connectivity index (χ3n) is 19.2. The molecule has 2 heterocycles. The third-order valence-corrected chi connectivity index (χ3v) is 20.2. The molecule has 0 saturated heterocycles. The molecule has 0 aliphatic heterocycles. The maximum Gasteiger partial charge on any atom is 0.534 e. The van der Waals surface area contributed by atoms with Crippen molar-refractivity contribution in [3.8, 4) is 5.75 Å². The molecular weight excluding hydrogens is 1440 g/mol. The van der Waals surface area contributed by atoms with Gasteiger partial charge in [-0.3, -0.25) is 0 Å². The molecule has 0 fully saturated rings. The molecular formula is C99H75F3N6O5S. The van der Waals surface area contributed by atoms with Crippen LogP contribution in [0.25, 0.3) is 43.9 Å². The van der Waals surface area contributed by atoms with E-state index in [-0.39, 0.29) is 5.69 Å². The zero-order valence-electron chi connectivity index (χ0n) is 62.1. The smallest absolute Gasteiger partial charge is 0.454 e. The van der Waals surface area contributed by atoms with Gasteiger partial charge in [0.15, 0.2) is 11.2 Å². The summed E-state index contributed by atoms with van der Waals surface area (Å²) in [5.41, 5.74) is 14.3. The van der Waals surface area contributed by atoms with Crippen LogP contribution in [0.15, 0.2) is 421 Å². The van der Waals surface area contributed by atoms with Crippen molar-refractivity contribution in [3.63, 3.8) is 0 Å². The van der Waals surface area contributed by atoms with Crippen molar-refractivity contribution in [2.75, 3.05) is 29.8 Å². The van der Waals surface area contributed by atoms with Crippen molar-refractivity contribution in [2.24, 2.45) is 0 Å². The lowest BCUT2D eigenvalue weighted by Gasteiger charge is -2.30. The third kappa shape index (κ3) is 15.8. The molecule has 0 bridgehead atoms. The van der Waals surface area contributed by atoms with Gasteiger partial charge in [-0.05, 0) is 213 Å². The van der Waals surface area contributed by atoms with Crippen LogP contribution in [0.2, 0.25) is 0 Å². The Morgan fingerprint density at radius 1 is 0.281 bits per heavy atom. The number of para-hydroxylation sites is 12. The summed E-state index contributed by atoms with van der Waals surface area (Å²) in [5.74, 6) is -0.521. The lowest BCUT2D eigenvalue weighted by molar-refractivity contribution is -0.0500. The number of rotatable bonds is 19. The van der Waals surface area contributed by atoms with Gasteiger partial charge >= 0.3 is 15.6 Å². The fourth-order valence-corrected chi connectivity index (χ4v) is 14.8. The summed E-state index contributed by atoms with van der Waals surface area (Å²) in [5, 5.41) is 6.29. The van der Waals surface area contributed by atoms with E-state index in [2.05, 4.69) is 233 Å². The molecule has 558 valence electrons. The molecule has 0 saturated carbocycles. The van der Waals surface area contributed by atoms with Gasteiger partial charge in [-0.15, -0.1) is 0 Å². The minimum Gasteiger partial charge on any atom is -0.454 e. The molecule has 1 N–H and O–H groups in total. The quantitative estimate of drug-likeness (QED) is 0.0619. The van der Waals surface area contributed by atoms with Gasteiger partial charge < -0.3 is 42.8 Å². The first kappa shape index (κ1) is 73.6. The van der Waals surface area contributed by atoms with Gasteiger partial charge in [-0.25, -0.2) is 0 Å². The number of alkyl halides is 3. The molecule has 11 nitrogen and oxygen atoms in total. The molecule has 15 heteroatoms. The average molecular weight is 1520 g/mol. The van der Waals surface area contributed by atoms with E-state index in [0.29, 0.717) is 39.0 Å². The number of hydrogen-bond acceptors (Lipinski definition) is 11. The molecule has 2 aromatic heterocycles. The molecule has 16 aromatic carbocycles. The van der Waals surface area contributed by atoms with Crippen LogP contribution < -0.4 is 34.0 Å². The lowest BCUT2D eigenvalue weighted by Crippen LogP contribution is -2.28. The van der Waals surface area contributed by atoms with E-state index in [1.165, 1.54) is 12.1 Å². The first-order chi connectivity index (χ1) is 55.8. The number of halogens is 3. The predicted molar refractivity (Wildman–Crippen MR) is 462 cm³/mol. The second-order valence-electron chi connectivity index (χ2n) is 27.1. The molecule has 0 atom stereocenters. The molecule has 0 aliphatic rings. The monoisotopic (exact) mass is 1520 g/mol. The average Bonchev–Trinajstić information content (AvgIpc) is 1.57. The zero-order valence-corrected chi connectivity index (χ0v) is 62.9. The SMILES string of the molecule is Cc1cc(N(c2ccccc2)c2ccccc2)c2c(c1)oc1c(N(c3ccccc3)c3ccccc3)cc(N(c3ccccc3)c3ccccc3)cc12.Cc1cc(N(c2ccccc2)c2ccccc2)c2c(c1)oc1c(N(c3ccccc3)c3ccccc3)cc(OS(=O)(=O)C(F)(F)F)cc12.c1ccc(Nc2ccccc2)cc1. The second-order valence-corrected chi connectivity index (χ2v) is 28.6. The van der Waals surface area contributed by atoms with Crippen LogP contribution >= 0.6 is 0 Å². The number of hydrogen-bond donors (Lipinski definition) is 1. The molecule has 0 unspecified atom stereocenters. The Labute approximate surface area is 659 Å². The van der Waals surface area contributed by atoms with Crippen LogP contribution in [0.5, 0.6) is 5.75 Å². The molecule has 0 radical (unpaired) electrons. The number of nitrogens with one attached hydrogen (secondary N) is 1.